The van der Waals surface area contributed by atoms with Crippen LogP contribution in [0.2, 0.25) is 0 Å². The van der Waals surface area contributed by atoms with Crippen LogP contribution in [0.25, 0.3) is 0 Å². The summed E-state index contributed by atoms with van der Waals surface area (Å²) in [4.78, 5) is 0. The van der Waals surface area contributed by atoms with Gasteiger partial charge in [0.15, 0.2) is 0 Å². The quantitative estimate of drug-likeness (QED) is 0.645. The van der Waals surface area contributed by atoms with Crippen LogP contribution in [-0.4, -0.2) is 35.5 Å². The molecule has 0 aromatic heterocycles. The Kier molecular flexibility index (Phi) is 6.08. The number of hydrogen-bond acceptors (Lipinski definition) is 3. The van der Waals surface area contributed by atoms with Gasteiger partial charge in [-0.05, 0) is 18.4 Å². The third-order valence-electron chi connectivity index (χ3n) is 2.67. The molecule has 16 heavy (non-hydrogen) atoms. The highest BCUT2D eigenvalue weighted by molar-refractivity contribution is 5.15. The number of hydrogen-bond donors (Lipinski definition) is 3. The van der Waals surface area contributed by atoms with E-state index in [4.69, 9.17) is 5.11 Å². The summed E-state index contributed by atoms with van der Waals surface area (Å²) in [6, 6.07) is 10.6. The van der Waals surface area contributed by atoms with Crippen LogP contribution in [0, 0.1) is 0 Å². The Hall–Kier alpha value is -0.900. The lowest BCUT2D eigenvalue weighted by Crippen LogP contribution is -2.37. The largest absolute Gasteiger partial charge is 0.394 e. The number of aliphatic hydroxyl groups is 2. The molecule has 3 heteroatoms. The van der Waals surface area contributed by atoms with Gasteiger partial charge in [0.1, 0.15) is 0 Å². The summed E-state index contributed by atoms with van der Waals surface area (Å²) in [5, 5.41) is 21.2. The molecule has 90 valence electrons. The van der Waals surface area contributed by atoms with Crippen LogP contribution in [0.5, 0.6) is 0 Å². The van der Waals surface area contributed by atoms with Crippen LogP contribution < -0.4 is 5.32 Å². The Bertz CT molecular complexity index is 277. The van der Waals surface area contributed by atoms with Crippen molar-refractivity contribution in [2.75, 3.05) is 13.2 Å². The third-order valence-corrected chi connectivity index (χ3v) is 2.67. The lowest BCUT2D eigenvalue weighted by molar-refractivity contribution is 0.0917. The fourth-order valence-electron chi connectivity index (χ4n) is 1.63. The Morgan fingerprint density at radius 2 is 1.94 bits per heavy atom. The Labute approximate surface area is 97.1 Å². The molecule has 0 fully saturated rings. The van der Waals surface area contributed by atoms with Crippen molar-refractivity contribution < 1.29 is 10.2 Å². The molecular formula is C13H21NO2. The Morgan fingerprint density at radius 1 is 1.25 bits per heavy atom. The molecule has 3 nitrogen and oxygen atoms in total. The van der Waals surface area contributed by atoms with E-state index in [1.165, 1.54) is 5.56 Å². The second kappa shape index (κ2) is 7.39. The van der Waals surface area contributed by atoms with Gasteiger partial charge < -0.3 is 15.5 Å². The molecule has 0 saturated carbocycles. The number of nitrogens with one attached hydrogen (secondary N) is 1. The minimum absolute atomic E-state index is 0.186. The predicted octanol–water partition coefficient (Wildman–Crippen LogP) is 0.950. The molecule has 3 N–H and O–H groups in total. The van der Waals surface area contributed by atoms with Crippen LogP contribution in [0.3, 0.4) is 0 Å². The predicted molar refractivity (Wildman–Crippen MR) is 65.3 cm³/mol. The zero-order valence-electron chi connectivity index (χ0n) is 9.76. The second-order valence-electron chi connectivity index (χ2n) is 4.04. The standard InChI is InChI=1S/C13H21NO2/c1-2-12(14-9-13(16)10-15)8-11-6-4-3-5-7-11/h3-7,12-16H,2,8-10H2,1H3. The SMILES string of the molecule is CCC(Cc1ccccc1)NCC(O)CO. The van der Waals surface area contributed by atoms with Gasteiger partial charge in [-0.25, -0.2) is 0 Å². The van der Waals surface area contributed by atoms with E-state index in [2.05, 4.69) is 24.4 Å². The fraction of sp³-hybridized carbons (Fsp3) is 0.538. The van der Waals surface area contributed by atoms with Crippen molar-refractivity contribution in [1.29, 1.82) is 0 Å². The molecule has 2 atom stereocenters. The van der Waals surface area contributed by atoms with Gasteiger partial charge in [-0.3, -0.25) is 0 Å². The average molecular weight is 223 g/mol. The zero-order chi connectivity index (χ0) is 11.8. The molecule has 1 aromatic carbocycles. The molecule has 0 spiro atoms. The highest BCUT2D eigenvalue weighted by atomic mass is 16.3. The van der Waals surface area contributed by atoms with Gasteiger partial charge in [-0.1, -0.05) is 37.3 Å². The summed E-state index contributed by atoms with van der Waals surface area (Å²) in [5.74, 6) is 0. The van der Waals surface area contributed by atoms with Crippen LogP contribution in [-0.2, 0) is 6.42 Å². The van der Waals surface area contributed by atoms with E-state index in [1.54, 1.807) is 0 Å². The highest BCUT2D eigenvalue weighted by Crippen LogP contribution is 2.05. The van der Waals surface area contributed by atoms with Crippen molar-refractivity contribution in [2.45, 2.75) is 31.9 Å². The molecule has 0 amide bonds. The maximum absolute atomic E-state index is 9.26. The first-order chi connectivity index (χ1) is 7.76. The van der Waals surface area contributed by atoms with E-state index in [9.17, 15) is 5.11 Å². The van der Waals surface area contributed by atoms with Crippen molar-refractivity contribution in [2.24, 2.45) is 0 Å². The zero-order valence-corrected chi connectivity index (χ0v) is 9.76. The molecule has 0 aliphatic rings. The fourth-order valence-corrected chi connectivity index (χ4v) is 1.63. The Morgan fingerprint density at radius 3 is 2.50 bits per heavy atom. The summed E-state index contributed by atoms with van der Waals surface area (Å²) in [6.07, 6.45) is 1.30. The van der Waals surface area contributed by atoms with Gasteiger partial charge in [0.25, 0.3) is 0 Å². The normalized spacial score (nSPS) is 14.7. The van der Waals surface area contributed by atoms with Crippen molar-refractivity contribution in [3.05, 3.63) is 35.9 Å². The summed E-state index contributed by atoms with van der Waals surface area (Å²) in [5.41, 5.74) is 1.29. The van der Waals surface area contributed by atoms with Crippen molar-refractivity contribution in [3.8, 4) is 0 Å². The van der Waals surface area contributed by atoms with E-state index in [1.807, 2.05) is 18.2 Å². The monoisotopic (exact) mass is 223 g/mol. The topological polar surface area (TPSA) is 52.5 Å². The maximum Gasteiger partial charge on any atom is 0.0895 e. The smallest absolute Gasteiger partial charge is 0.0895 e. The van der Waals surface area contributed by atoms with Gasteiger partial charge in [0, 0.05) is 12.6 Å². The summed E-state index contributed by atoms with van der Waals surface area (Å²) in [7, 11) is 0. The Balaban J connectivity index is 2.37. The van der Waals surface area contributed by atoms with Gasteiger partial charge in [-0.2, -0.15) is 0 Å². The third kappa shape index (κ3) is 4.75. The lowest BCUT2D eigenvalue weighted by atomic mass is 10.0. The van der Waals surface area contributed by atoms with Gasteiger partial charge in [0.2, 0.25) is 0 Å². The van der Waals surface area contributed by atoms with E-state index >= 15 is 0 Å². The van der Waals surface area contributed by atoms with Gasteiger partial charge >= 0.3 is 0 Å². The van der Waals surface area contributed by atoms with Crippen molar-refractivity contribution in [3.63, 3.8) is 0 Å². The van der Waals surface area contributed by atoms with Gasteiger partial charge in [-0.15, -0.1) is 0 Å². The lowest BCUT2D eigenvalue weighted by Gasteiger charge is -2.18. The molecule has 0 bridgehead atoms. The number of aliphatic hydroxyl groups excluding tert-OH is 2. The first-order valence-corrected chi connectivity index (χ1v) is 5.82. The molecular weight excluding hydrogens is 202 g/mol. The summed E-state index contributed by atoms with van der Waals surface area (Å²) in [6.45, 7) is 2.38. The maximum atomic E-state index is 9.26. The summed E-state index contributed by atoms with van der Waals surface area (Å²) < 4.78 is 0. The van der Waals surface area contributed by atoms with Gasteiger partial charge in [0.05, 0.1) is 12.7 Å². The van der Waals surface area contributed by atoms with E-state index in [-0.39, 0.29) is 6.61 Å². The second-order valence-corrected chi connectivity index (χ2v) is 4.04. The van der Waals surface area contributed by atoms with Crippen molar-refractivity contribution in [1.82, 2.24) is 5.32 Å². The first kappa shape index (κ1) is 13.2. The highest BCUT2D eigenvalue weighted by Gasteiger charge is 2.09. The van der Waals surface area contributed by atoms with Crippen LogP contribution in [0.1, 0.15) is 18.9 Å². The van der Waals surface area contributed by atoms with E-state index in [0.717, 1.165) is 12.8 Å². The molecule has 0 radical (unpaired) electrons. The minimum Gasteiger partial charge on any atom is -0.394 e. The summed E-state index contributed by atoms with van der Waals surface area (Å²) >= 11 is 0. The number of benzene rings is 1. The molecule has 1 aromatic rings. The molecule has 0 aliphatic heterocycles. The van der Waals surface area contributed by atoms with Crippen molar-refractivity contribution >= 4 is 0 Å². The van der Waals surface area contributed by atoms with E-state index in [0.29, 0.717) is 12.6 Å². The van der Waals surface area contributed by atoms with Crippen LogP contribution in [0.15, 0.2) is 30.3 Å². The minimum atomic E-state index is -0.662. The van der Waals surface area contributed by atoms with E-state index < -0.39 is 6.10 Å². The average Bonchev–Trinajstić information content (AvgIpc) is 2.35. The number of rotatable bonds is 7. The molecule has 0 saturated heterocycles. The molecule has 0 aliphatic carbocycles. The first-order valence-electron chi connectivity index (χ1n) is 5.82. The van der Waals surface area contributed by atoms with Crippen LogP contribution >= 0.6 is 0 Å². The van der Waals surface area contributed by atoms with Crippen LogP contribution in [0.4, 0.5) is 0 Å². The molecule has 2 unspecified atom stereocenters. The molecule has 0 heterocycles. The molecule has 1 rings (SSSR count).